The van der Waals surface area contributed by atoms with Gasteiger partial charge in [-0.1, -0.05) is 24.3 Å². The van der Waals surface area contributed by atoms with Crippen LogP contribution in [0.1, 0.15) is 22.3 Å². The minimum absolute atomic E-state index is 0.146. The lowest BCUT2D eigenvalue weighted by Gasteiger charge is -2.34. The molecule has 5 heteroatoms. The number of rotatable bonds is 5. The summed E-state index contributed by atoms with van der Waals surface area (Å²) in [5, 5.41) is 0. The number of halogens is 2. The second kappa shape index (κ2) is 8.21. The number of aryl methyl sites for hydroxylation is 1. The van der Waals surface area contributed by atoms with Crippen LogP contribution in [-0.4, -0.2) is 48.4 Å². The number of benzene rings is 2. The van der Waals surface area contributed by atoms with Crippen LogP contribution >= 0.6 is 0 Å². The van der Waals surface area contributed by atoms with E-state index < -0.39 is 5.82 Å². The van der Waals surface area contributed by atoms with Gasteiger partial charge in [-0.3, -0.25) is 9.69 Å². The van der Waals surface area contributed by atoms with E-state index >= 15 is 0 Å². The lowest BCUT2D eigenvalue weighted by molar-refractivity contribution is 0.0631. The van der Waals surface area contributed by atoms with Gasteiger partial charge in [-0.15, -0.1) is 0 Å². The second-order valence-corrected chi connectivity index (χ2v) is 6.34. The van der Waals surface area contributed by atoms with Crippen molar-refractivity contribution < 1.29 is 13.6 Å². The Morgan fingerprint density at radius 3 is 2.28 bits per heavy atom. The quantitative estimate of drug-likeness (QED) is 0.830. The molecule has 3 nitrogen and oxygen atoms in total. The van der Waals surface area contributed by atoms with Crippen LogP contribution in [0.25, 0.3) is 0 Å². The molecule has 0 aliphatic carbocycles. The molecule has 0 atom stereocenters. The van der Waals surface area contributed by atoms with Gasteiger partial charge < -0.3 is 4.90 Å². The first-order valence-electron chi connectivity index (χ1n) is 8.64. The zero-order valence-corrected chi connectivity index (χ0v) is 14.1. The molecule has 1 fully saturated rings. The SMILES string of the molecule is O=C(c1ccccc1F)N1CCN(CCCc2ccc(F)cc2)CC1. The Kier molecular flexibility index (Phi) is 5.76. The van der Waals surface area contributed by atoms with Crippen LogP contribution in [0.4, 0.5) is 8.78 Å². The van der Waals surface area contributed by atoms with Gasteiger partial charge in [0.05, 0.1) is 5.56 Å². The molecular formula is C20H22F2N2O. The lowest BCUT2D eigenvalue weighted by atomic mass is 10.1. The zero-order valence-electron chi connectivity index (χ0n) is 14.1. The standard InChI is InChI=1S/C20H22F2N2O/c21-17-9-7-16(8-10-17)4-3-11-23-12-14-24(15-13-23)20(25)18-5-1-2-6-19(18)22/h1-2,5-10H,3-4,11-15H2. The zero-order chi connectivity index (χ0) is 17.6. The predicted octanol–water partition coefficient (Wildman–Crippen LogP) is 3.36. The predicted molar refractivity (Wildman–Crippen MR) is 93.5 cm³/mol. The summed E-state index contributed by atoms with van der Waals surface area (Å²) in [6.45, 7) is 3.76. The molecule has 0 saturated carbocycles. The summed E-state index contributed by atoms with van der Waals surface area (Å²) in [5.74, 6) is -0.905. The smallest absolute Gasteiger partial charge is 0.256 e. The third-order valence-electron chi connectivity index (χ3n) is 4.62. The lowest BCUT2D eigenvalue weighted by Crippen LogP contribution is -2.49. The molecular weight excluding hydrogens is 322 g/mol. The fourth-order valence-electron chi connectivity index (χ4n) is 3.14. The van der Waals surface area contributed by atoms with E-state index in [0.717, 1.165) is 38.0 Å². The molecule has 132 valence electrons. The highest BCUT2D eigenvalue weighted by molar-refractivity contribution is 5.94. The van der Waals surface area contributed by atoms with Crippen molar-refractivity contribution in [1.82, 2.24) is 9.80 Å². The minimum Gasteiger partial charge on any atom is -0.336 e. The van der Waals surface area contributed by atoms with E-state index in [9.17, 15) is 13.6 Å². The van der Waals surface area contributed by atoms with E-state index in [1.807, 2.05) is 12.1 Å². The normalized spacial score (nSPS) is 15.4. The number of hydrogen-bond acceptors (Lipinski definition) is 2. The highest BCUT2D eigenvalue weighted by Gasteiger charge is 2.23. The van der Waals surface area contributed by atoms with Crippen LogP contribution in [-0.2, 0) is 6.42 Å². The van der Waals surface area contributed by atoms with E-state index in [-0.39, 0.29) is 17.3 Å². The van der Waals surface area contributed by atoms with Crippen molar-refractivity contribution >= 4 is 5.91 Å². The molecule has 2 aromatic carbocycles. The van der Waals surface area contributed by atoms with Crippen molar-refractivity contribution in [3.8, 4) is 0 Å². The monoisotopic (exact) mass is 344 g/mol. The van der Waals surface area contributed by atoms with E-state index in [1.54, 1.807) is 17.0 Å². The van der Waals surface area contributed by atoms with Crippen LogP contribution in [0.5, 0.6) is 0 Å². The van der Waals surface area contributed by atoms with Gasteiger partial charge in [0, 0.05) is 26.2 Å². The molecule has 2 aromatic rings. The first-order chi connectivity index (χ1) is 12.1. The average molecular weight is 344 g/mol. The summed E-state index contributed by atoms with van der Waals surface area (Å²) in [6.07, 6.45) is 1.90. The van der Waals surface area contributed by atoms with Crippen molar-refractivity contribution in [3.05, 3.63) is 71.3 Å². The Labute approximate surface area is 146 Å². The molecule has 1 amide bonds. The molecule has 0 aromatic heterocycles. The molecule has 0 radical (unpaired) electrons. The molecule has 0 spiro atoms. The summed E-state index contributed by atoms with van der Waals surface area (Å²) >= 11 is 0. The first-order valence-corrected chi connectivity index (χ1v) is 8.64. The maximum absolute atomic E-state index is 13.7. The topological polar surface area (TPSA) is 23.6 Å². The number of hydrogen-bond donors (Lipinski definition) is 0. The molecule has 3 rings (SSSR count). The van der Waals surface area contributed by atoms with Gasteiger partial charge in [0.25, 0.3) is 5.91 Å². The molecule has 1 heterocycles. The van der Waals surface area contributed by atoms with Gasteiger partial charge in [-0.25, -0.2) is 8.78 Å². The average Bonchev–Trinajstić information content (AvgIpc) is 2.64. The van der Waals surface area contributed by atoms with Crippen LogP contribution in [0, 0.1) is 11.6 Å². The third kappa shape index (κ3) is 4.63. The number of carbonyl (C=O) groups is 1. The van der Waals surface area contributed by atoms with Crippen molar-refractivity contribution in [2.45, 2.75) is 12.8 Å². The molecule has 0 N–H and O–H groups in total. The van der Waals surface area contributed by atoms with E-state index in [0.29, 0.717) is 13.1 Å². The van der Waals surface area contributed by atoms with Gasteiger partial charge in [0.2, 0.25) is 0 Å². The Morgan fingerprint density at radius 1 is 0.920 bits per heavy atom. The maximum atomic E-state index is 13.7. The summed E-state index contributed by atoms with van der Waals surface area (Å²) in [6, 6.07) is 12.7. The third-order valence-corrected chi connectivity index (χ3v) is 4.62. The Hall–Kier alpha value is -2.27. The number of nitrogens with zero attached hydrogens (tertiary/aromatic N) is 2. The Bertz CT molecular complexity index is 710. The highest BCUT2D eigenvalue weighted by Crippen LogP contribution is 2.13. The number of piperazine rings is 1. The van der Waals surface area contributed by atoms with Crippen LogP contribution < -0.4 is 0 Å². The van der Waals surface area contributed by atoms with Crippen LogP contribution in [0.2, 0.25) is 0 Å². The van der Waals surface area contributed by atoms with Gasteiger partial charge in [0.15, 0.2) is 0 Å². The summed E-state index contributed by atoms with van der Waals surface area (Å²) in [7, 11) is 0. The van der Waals surface area contributed by atoms with Crippen molar-refractivity contribution in [2.24, 2.45) is 0 Å². The van der Waals surface area contributed by atoms with E-state index in [4.69, 9.17) is 0 Å². The highest BCUT2D eigenvalue weighted by atomic mass is 19.1. The minimum atomic E-state index is -0.464. The molecule has 1 aliphatic heterocycles. The number of amides is 1. The van der Waals surface area contributed by atoms with Crippen molar-refractivity contribution in [3.63, 3.8) is 0 Å². The fourth-order valence-corrected chi connectivity index (χ4v) is 3.14. The van der Waals surface area contributed by atoms with E-state index in [1.165, 1.54) is 24.3 Å². The first kappa shape index (κ1) is 17.5. The molecule has 0 unspecified atom stereocenters. The van der Waals surface area contributed by atoms with Gasteiger partial charge in [-0.05, 0) is 49.2 Å². The molecule has 1 saturated heterocycles. The molecule has 25 heavy (non-hydrogen) atoms. The molecule has 0 bridgehead atoms. The van der Waals surface area contributed by atoms with Crippen molar-refractivity contribution in [1.29, 1.82) is 0 Å². The van der Waals surface area contributed by atoms with Crippen molar-refractivity contribution in [2.75, 3.05) is 32.7 Å². The Balaban J connectivity index is 1.43. The van der Waals surface area contributed by atoms with E-state index in [2.05, 4.69) is 4.90 Å². The summed E-state index contributed by atoms with van der Waals surface area (Å²) < 4.78 is 26.6. The maximum Gasteiger partial charge on any atom is 0.256 e. The fraction of sp³-hybridized carbons (Fsp3) is 0.350. The Morgan fingerprint density at radius 2 is 1.60 bits per heavy atom. The van der Waals surface area contributed by atoms with Crippen LogP contribution in [0.15, 0.2) is 48.5 Å². The van der Waals surface area contributed by atoms with Gasteiger partial charge >= 0.3 is 0 Å². The summed E-state index contributed by atoms with van der Waals surface area (Å²) in [4.78, 5) is 16.4. The van der Waals surface area contributed by atoms with Crippen LogP contribution in [0.3, 0.4) is 0 Å². The second-order valence-electron chi connectivity index (χ2n) is 6.34. The van der Waals surface area contributed by atoms with Gasteiger partial charge in [0.1, 0.15) is 11.6 Å². The molecule has 1 aliphatic rings. The van der Waals surface area contributed by atoms with Gasteiger partial charge in [-0.2, -0.15) is 0 Å². The summed E-state index contributed by atoms with van der Waals surface area (Å²) in [5.41, 5.74) is 1.28. The number of carbonyl (C=O) groups excluding carboxylic acids is 1. The largest absolute Gasteiger partial charge is 0.336 e.